The number of nitrogens with two attached hydrogens (primary N) is 1. The van der Waals surface area contributed by atoms with Crippen molar-refractivity contribution in [3.8, 4) is 5.75 Å². The van der Waals surface area contributed by atoms with Gasteiger partial charge in [-0.25, -0.2) is 0 Å². The molecule has 5 heteroatoms. The summed E-state index contributed by atoms with van der Waals surface area (Å²) in [5.41, 5.74) is 7.19. The van der Waals surface area contributed by atoms with Crippen LogP contribution in [0.5, 0.6) is 5.75 Å². The second kappa shape index (κ2) is 5.27. The first kappa shape index (κ1) is 12.7. The van der Waals surface area contributed by atoms with Crippen molar-refractivity contribution in [3.05, 3.63) is 23.8 Å². The highest BCUT2D eigenvalue weighted by molar-refractivity contribution is 5.73. The van der Waals surface area contributed by atoms with E-state index < -0.39 is 0 Å². The molecule has 1 heterocycles. The van der Waals surface area contributed by atoms with Crippen LogP contribution in [-0.2, 0) is 11.3 Å². The highest BCUT2D eigenvalue weighted by atomic mass is 16.3. The fraction of sp³-hybridized carbons (Fsp3) is 0.462. The molecule has 2 rings (SSSR count). The highest BCUT2D eigenvalue weighted by Crippen LogP contribution is 2.23. The van der Waals surface area contributed by atoms with E-state index in [0.29, 0.717) is 12.2 Å². The molecule has 1 aromatic carbocycles. The number of likely N-dealkylation sites (tertiary alicyclic amines) is 1. The topological polar surface area (TPSA) is 78.6 Å². The first-order valence-electron chi connectivity index (χ1n) is 6.11. The number of nitrogen functional groups attached to an aromatic ring is 1. The third-order valence-corrected chi connectivity index (χ3v) is 3.18. The zero-order valence-electron chi connectivity index (χ0n) is 10.5. The van der Waals surface area contributed by atoms with Crippen LogP contribution in [0, 0.1) is 0 Å². The molecule has 0 bridgehead atoms. The SMILES string of the molecule is CC(=O)NC1CCN(Cc2cc(N)ccc2O)C1. The summed E-state index contributed by atoms with van der Waals surface area (Å²) in [7, 11) is 0. The number of phenols is 1. The number of benzene rings is 1. The fourth-order valence-corrected chi connectivity index (χ4v) is 2.35. The molecule has 0 radical (unpaired) electrons. The molecule has 1 aliphatic rings. The van der Waals surface area contributed by atoms with Crippen molar-refractivity contribution in [1.82, 2.24) is 10.2 Å². The largest absolute Gasteiger partial charge is 0.508 e. The lowest BCUT2D eigenvalue weighted by atomic mass is 10.1. The van der Waals surface area contributed by atoms with Crippen molar-refractivity contribution in [2.45, 2.75) is 25.9 Å². The molecule has 1 fully saturated rings. The maximum Gasteiger partial charge on any atom is 0.217 e. The fourth-order valence-electron chi connectivity index (χ4n) is 2.35. The Bertz CT molecular complexity index is 448. The molecule has 1 saturated heterocycles. The van der Waals surface area contributed by atoms with Crippen molar-refractivity contribution in [2.75, 3.05) is 18.8 Å². The predicted molar refractivity (Wildman–Crippen MR) is 70.0 cm³/mol. The number of amides is 1. The number of anilines is 1. The number of rotatable bonds is 3. The molecule has 0 saturated carbocycles. The van der Waals surface area contributed by atoms with E-state index in [1.54, 1.807) is 18.2 Å². The van der Waals surface area contributed by atoms with E-state index in [1.807, 2.05) is 0 Å². The molecule has 0 spiro atoms. The van der Waals surface area contributed by atoms with Gasteiger partial charge in [0.05, 0.1) is 0 Å². The number of phenolic OH excluding ortho intramolecular Hbond substituents is 1. The lowest BCUT2D eigenvalue weighted by molar-refractivity contribution is -0.119. The van der Waals surface area contributed by atoms with E-state index in [-0.39, 0.29) is 17.7 Å². The molecule has 1 aliphatic heterocycles. The standard InChI is InChI=1S/C13H19N3O2/c1-9(17)15-12-4-5-16(8-12)7-10-6-11(14)2-3-13(10)18/h2-3,6,12,18H,4-5,7-8,14H2,1H3,(H,15,17). The smallest absolute Gasteiger partial charge is 0.217 e. The average molecular weight is 249 g/mol. The maximum atomic E-state index is 11.0. The van der Waals surface area contributed by atoms with Crippen LogP contribution in [0.1, 0.15) is 18.9 Å². The number of carbonyl (C=O) groups is 1. The molecular formula is C13H19N3O2. The highest BCUT2D eigenvalue weighted by Gasteiger charge is 2.23. The number of aromatic hydroxyl groups is 1. The minimum atomic E-state index is 0.00801. The van der Waals surface area contributed by atoms with Gasteiger partial charge in [0.15, 0.2) is 0 Å². The minimum absolute atomic E-state index is 0.00801. The van der Waals surface area contributed by atoms with E-state index in [0.717, 1.165) is 25.1 Å². The average Bonchev–Trinajstić information content (AvgIpc) is 2.70. The third kappa shape index (κ3) is 3.13. The maximum absolute atomic E-state index is 11.0. The molecule has 4 N–H and O–H groups in total. The zero-order valence-corrected chi connectivity index (χ0v) is 10.5. The second-order valence-electron chi connectivity index (χ2n) is 4.81. The minimum Gasteiger partial charge on any atom is -0.508 e. The molecular weight excluding hydrogens is 230 g/mol. The van der Waals surface area contributed by atoms with Gasteiger partial charge in [-0.05, 0) is 24.6 Å². The summed E-state index contributed by atoms with van der Waals surface area (Å²) in [6.07, 6.45) is 0.947. The number of carbonyl (C=O) groups excluding carboxylic acids is 1. The molecule has 1 unspecified atom stereocenters. The number of nitrogens with zero attached hydrogens (tertiary/aromatic N) is 1. The number of hydrogen-bond acceptors (Lipinski definition) is 4. The lowest BCUT2D eigenvalue weighted by Crippen LogP contribution is -2.35. The van der Waals surface area contributed by atoms with Gasteiger partial charge >= 0.3 is 0 Å². The van der Waals surface area contributed by atoms with E-state index in [1.165, 1.54) is 6.92 Å². The molecule has 98 valence electrons. The number of nitrogens with one attached hydrogen (secondary N) is 1. The number of hydrogen-bond donors (Lipinski definition) is 3. The van der Waals surface area contributed by atoms with Crippen LogP contribution in [0.4, 0.5) is 5.69 Å². The summed E-state index contributed by atoms with van der Waals surface area (Å²) in [5, 5.41) is 12.7. The van der Waals surface area contributed by atoms with Gasteiger partial charge in [-0.3, -0.25) is 9.69 Å². The molecule has 1 amide bonds. The van der Waals surface area contributed by atoms with Crippen LogP contribution in [0.3, 0.4) is 0 Å². The van der Waals surface area contributed by atoms with Crippen LogP contribution in [0.25, 0.3) is 0 Å². The third-order valence-electron chi connectivity index (χ3n) is 3.18. The summed E-state index contributed by atoms with van der Waals surface area (Å²) >= 11 is 0. The first-order chi connectivity index (χ1) is 8.54. The van der Waals surface area contributed by atoms with Crippen LogP contribution in [0.15, 0.2) is 18.2 Å². The summed E-state index contributed by atoms with van der Waals surface area (Å²) in [5.74, 6) is 0.279. The Labute approximate surface area is 107 Å². The molecule has 18 heavy (non-hydrogen) atoms. The van der Waals surface area contributed by atoms with Crippen molar-refractivity contribution in [1.29, 1.82) is 0 Å². The Morgan fingerprint density at radius 3 is 3.11 bits per heavy atom. The molecule has 0 aliphatic carbocycles. The monoisotopic (exact) mass is 249 g/mol. The Morgan fingerprint density at radius 2 is 2.39 bits per heavy atom. The van der Waals surface area contributed by atoms with Gasteiger partial charge in [-0.15, -0.1) is 0 Å². The normalized spacial score (nSPS) is 19.9. The summed E-state index contributed by atoms with van der Waals surface area (Å²) in [6, 6.07) is 5.31. The molecule has 1 aromatic rings. The first-order valence-corrected chi connectivity index (χ1v) is 6.11. The Morgan fingerprint density at radius 1 is 1.61 bits per heavy atom. The lowest BCUT2D eigenvalue weighted by Gasteiger charge is -2.17. The van der Waals surface area contributed by atoms with Crippen LogP contribution >= 0.6 is 0 Å². The molecule has 1 atom stereocenters. The van der Waals surface area contributed by atoms with Gasteiger partial charge in [0.1, 0.15) is 5.75 Å². The van der Waals surface area contributed by atoms with Crippen LogP contribution < -0.4 is 11.1 Å². The summed E-state index contributed by atoms with van der Waals surface area (Å²) in [6.45, 7) is 3.92. The Kier molecular flexibility index (Phi) is 3.72. The Balaban J connectivity index is 1.95. The van der Waals surface area contributed by atoms with E-state index in [4.69, 9.17) is 5.73 Å². The van der Waals surface area contributed by atoms with E-state index in [2.05, 4.69) is 10.2 Å². The van der Waals surface area contributed by atoms with Gasteiger partial charge in [0.2, 0.25) is 5.91 Å². The van der Waals surface area contributed by atoms with Crippen molar-refractivity contribution < 1.29 is 9.90 Å². The van der Waals surface area contributed by atoms with E-state index >= 15 is 0 Å². The van der Waals surface area contributed by atoms with Gasteiger partial charge in [0.25, 0.3) is 0 Å². The van der Waals surface area contributed by atoms with Crippen molar-refractivity contribution in [2.24, 2.45) is 0 Å². The molecule has 5 nitrogen and oxygen atoms in total. The quantitative estimate of drug-likeness (QED) is 0.544. The second-order valence-corrected chi connectivity index (χ2v) is 4.81. The van der Waals surface area contributed by atoms with Gasteiger partial charge in [-0.1, -0.05) is 0 Å². The van der Waals surface area contributed by atoms with Crippen molar-refractivity contribution >= 4 is 11.6 Å². The summed E-state index contributed by atoms with van der Waals surface area (Å²) < 4.78 is 0. The Hall–Kier alpha value is -1.75. The van der Waals surface area contributed by atoms with Crippen molar-refractivity contribution in [3.63, 3.8) is 0 Å². The van der Waals surface area contributed by atoms with Gasteiger partial charge < -0.3 is 16.2 Å². The summed E-state index contributed by atoms with van der Waals surface area (Å²) in [4.78, 5) is 13.2. The van der Waals surface area contributed by atoms with Gasteiger partial charge in [-0.2, -0.15) is 0 Å². The zero-order chi connectivity index (χ0) is 13.1. The van der Waals surface area contributed by atoms with E-state index in [9.17, 15) is 9.90 Å². The predicted octanol–water partition coefficient (Wildman–Crippen LogP) is 0.685. The van der Waals surface area contributed by atoms with Crippen LogP contribution in [0.2, 0.25) is 0 Å². The molecule has 0 aromatic heterocycles. The van der Waals surface area contributed by atoms with Gasteiger partial charge in [0, 0.05) is 43.9 Å². The van der Waals surface area contributed by atoms with Crippen LogP contribution in [-0.4, -0.2) is 35.0 Å².